The summed E-state index contributed by atoms with van der Waals surface area (Å²) in [7, 11) is 0. The minimum atomic E-state index is -0.00680. The van der Waals surface area contributed by atoms with Crippen LogP contribution in [0.25, 0.3) is 0 Å². The van der Waals surface area contributed by atoms with Crippen LogP contribution in [0, 0.1) is 20.8 Å². The van der Waals surface area contributed by atoms with Gasteiger partial charge in [0.15, 0.2) is 6.29 Å². The lowest BCUT2D eigenvalue weighted by Crippen LogP contribution is -2.17. The maximum atomic E-state index is 5.59. The minimum absolute atomic E-state index is 0.00680. The predicted octanol–water partition coefficient (Wildman–Crippen LogP) is 7.49. The first-order chi connectivity index (χ1) is 13.5. The summed E-state index contributed by atoms with van der Waals surface area (Å²) in [5.41, 5.74) is 6.02. The lowest BCUT2D eigenvalue weighted by Gasteiger charge is -2.16. The second-order valence-corrected chi connectivity index (χ2v) is 9.74. The zero-order valence-corrected chi connectivity index (χ0v) is 21.7. The standard InChI is InChI=1S/C24H40IO2P/c1-6-26-24(27-7-2)17-15-13-11-9-8-10-12-14-16-22-18-23(28-25)21(5)19(3)20(22)4/h8,10,18,24,28H,6-7,9,11-17H2,1-5H3/b10-8+. The molecule has 0 aliphatic carbocycles. The number of hydrogen-bond donors (Lipinski definition) is 0. The van der Waals surface area contributed by atoms with E-state index in [-0.39, 0.29) is 6.29 Å². The van der Waals surface area contributed by atoms with Gasteiger partial charge in [0.1, 0.15) is 0 Å². The molecule has 0 amide bonds. The van der Waals surface area contributed by atoms with E-state index in [1.807, 2.05) is 13.8 Å². The molecule has 0 bridgehead atoms. The molecule has 2 nitrogen and oxygen atoms in total. The highest BCUT2D eigenvalue weighted by molar-refractivity contribution is 14.2. The Labute approximate surface area is 188 Å². The summed E-state index contributed by atoms with van der Waals surface area (Å²) in [5.74, 6) is 0. The fourth-order valence-electron chi connectivity index (χ4n) is 3.46. The van der Waals surface area contributed by atoms with Crippen molar-refractivity contribution in [2.24, 2.45) is 0 Å². The van der Waals surface area contributed by atoms with Gasteiger partial charge in [-0.1, -0.05) is 46.7 Å². The van der Waals surface area contributed by atoms with E-state index >= 15 is 0 Å². The zero-order chi connectivity index (χ0) is 20.8. The molecule has 160 valence electrons. The zero-order valence-electron chi connectivity index (χ0n) is 18.6. The molecule has 0 radical (unpaired) electrons. The molecule has 0 aliphatic heterocycles. The smallest absolute Gasteiger partial charge is 0.157 e. The van der Waals surface area contributed by atoms with Crippen LogP contribution in [0.1, 0.15) is 81.0 Å². The first-order valence-electron chi connectivity index (χ1n) is 10.9. The minimum Gasteiger partial charge on any atom is -0.353 e. The van der Waals surface area contributed by atoms with E-state index in [0.29, 0.717) is 0 Å². The Balaban J connectivity index is 2.20. The fraction of sp³-hybridized carbons (Fsp3) is 0.667. The van der Waals surface area contributed by atoms with Crippen molar-refractivity contribution < 1.29 is 9.47 Å². The van der Waals surface area contributed by atoms with Gasteiger partial charge in [-0.15, -0.1) is 0 Å². The Morgan fingerprint density at radius 1 is 0.893 bits per heavy atom. The molecule has 1 aromatic carbocycles. The summed E-state index contributed by atoms with van der Waals surface area (Å²) >= 11 is 2.51. The van der Waals surface area contributed by atoms with E-state index in [9.17, 15) is 0 Å². The molecule has 28 heavy (non-hydrogen) atoms. The number of halogens is 1. The van der Waals surface area contributed by atoms with Gasteiger partial charge in [-0.2, -0.15) is 0 Å². The van der Waals surface area contributed by atoms with Crippen molar-refractivity contribution in [1.29, 1.82) is 0 Å². The van der Waals surface area contributed by atoms with Crippen molar-refractivity contribution in [3.8, 4) is 0 Å². The molecule has 0 aliphatic rings. The van der Waals surface area contributed by atoms with Crippen molar-refractivity contribution >= 4 is 33.6 Å². The highest BCUT2D eigenvalue weighted by Gasteiger charge is 2.09. The van der Waals surface area contributed by atoms with Gasteiger partial charge in [0.05, 0.1) is 0 Å². The lowest BCUT2D eigenvalue weighted by atomic mass is 9.95. The maximum Gasteiger partial charge on any atom is 0.157 e. The second-order valence-electron chi connectivity index (χ2n) is 7.39. The van der Waals surface area contributed by atoms with Crippen molar-refractivity contribution in [1.82, 2.24) is 0 Å². The van der Waals surface area contributed by atoms with E-state index in [4.69, 9.17) is 9.47 Å². The average molecular weight is 518 g/mol. The van der Waals surface area contributed by atoms with E-state index < -0.39 is 0 Å². The Hall–Kier alpha value is 0.0400. The van der Waals surface area contributed by atoms with Gasteiger partial charge in [-0.05, 0) is 113 Å². The maximum absolute atomic E-state index is 5.59. The molecular formula is C24H40IO2P. The number of rotatable bonds is 15. The van der Waals surface area contributed by atoms with Crippen molar-refractivity contribution in [2.45, 2.75) is 92.3 Å². The van der Waals surface area contributed by atoms with Gasteiger partial charge >= 0.3 is 0 Å². The Morgan fingerprint density at radius 3 is 2.14 bits per heavy atom. The summed E-state index contributed by atoms with van der Waals surface area (Å²) in [5, 5.41) is 1.53. The molecule has 4 heteroatoms. The first-order valence-corrected chi connectivity index (χ1v) is 15.0. The number of allylic oxidation sites excluding steroid dienone is 2. The van der Waals surface area contributed by atoms with Crippen LogP contribution in [0.3, 0.4) is 0 Å². The Kier molecular flexibility index (Phi) is 14.7. The van der Waals surface area contributed by atoms with E-state index in [2.05, 4.69) is 61.0 Å². The topological polar surface area (TPSA) is 18.5 Å². The van der Waals surface area contributed by atoms with E-state index in [1.165, 1.54) is 66.9 Å². The Morgan fingerprint density at radius 2 is 1.54 bits per heavy atom. The van der Waals surface area contributed by atoms with Crippen LogP contribution in [0.5, 0.6) is 0 Å². The van der Waals surface area contributed by atoms with Gasteiger partial charge in [0, 0.05) is 13.2 Å². The summed E-state index contributed by atoms with van der Waals surface area (Å²) in [4.78, 5) is 0. The normalized spacial score (nSPS) is 12.2. The largest absolute Gasteiger partial charge is 0.353 e. The second kappa shape index (κ2) is 15.8. The molecule has 1 aromatic rings. The third-order valence-electron chi connectivity index (χ3n) is 5.43. The summed E-state index contributed by atoms with van der Waals surface area (Å²) in [6.45, 7) is 12.4. The summed E-state index contributed by atoms with van der Waals surface area (Å²) in [6, 6.07) is 2.45. The van der Waals surface area contributed by atoms with Crippen LogP contribution in [0.2, 0.25) is 0 Å². The monoisotopic (exact) mass is 518 g/mol. The summed E-state index contributed by atoms with van der Waals surface area (Å²) < 4.78 is 11.2. The lowest BCUT2D eigenvalue weighted by molar-refractivity contribution is -0.140. The van der Waals surface area contributed by atoms with Gasteiger partial charge in [0.25, 0.3) is 0 Å². The fourth-order valence-corrected chi connectivity index (χ4v) is 5.69. The average Bonchev–Trinajstić information content (AvgIpc) is 2.69. The molecule has 0 spiro atoms. The van der Waals surface area contributed by atoms with E-state index in [1.54, 1.807) is 5.56 Å². The molecule has 0 aromatic heterocycles. The van der Waals surface area contributed by atoms with Gasteiger partial charge in [-0.25, -0.2) is 0 Å². The quantitative estimate of drug-likeness (QED) is 0.0788. The third kappa shape index (κ3) is 9.69. The van der Waals surface area contributed by atoms with Crippen LogP contribution in [-0.4, -0.2) is 19.5 Å². The van der Waals surface area contributed by atoms with Gasteiger partial charge in [-0.3, -0.25) is 0 Å². The highest BCUT2D eigenvalue weighted by atomic mass is 127. The van der Waals surface area contributed by atoms with Gasteiger partial charge in [0.2, 0.25) is 0 Å². The molecule has 0 saturated carbocycles. The highest BCUT2D eigenvalue weighted by Crippen LogP contribution is 2.27. The molecule has 0 saturated heterocycles. The first kappa shape index (κ1) is 26.1. The van der Waals surface area contributed by atoms with Gasteiger partial charge < -0.3 is 9.47 Å². The number of unbranched alkanes of at least 4 members (excludes halogenated alkanes) is 4. The molecule has 1 unspecified atom stereocenters. The number of aryl methyl sites for hydroxylation is 1. The van der Waals surface area contributed by atoms with Crippen LogP contribution in [0.15, 0.2) is 18.2 Å². The van der Waals surface area contributed by atoms with Crippen molar-refractivity contribution in [2.75, 3.05) is 13.2 Å². The van der Waals surface area contributed by atoms with Crippen LogP contribution in [-0.2, 0) is 15.9 Å². The number of benzene rings is 1. The van der Waals surface area contributed by atoms with Crippen molar-refractivity contribution in [3.63, 3.8) is 0 Å². The number of hydrogen-bond acceptors (Lipinski definition) is 2. The van der Waals surface area contributed by atoms with Crippen LogP contribution in [0.4, 0.5) is 0 Å². The SMILES string of the molecule is CCOC(CCCCC/C=C/CCCc1cc(PI)c(C)c(C)c1C)OCC. The third-order valence-corrected chi connectivity index (χ3v) is 7.90. The molecule has 0 heterocycles. The van der Waals surface area contributed by atoms with Crippen LogP contribution >= 0.6 is 28.3 Å². The molecule has 1 rings (SSSR count). The number of ether oxygens (including phenoxy) is 2. The molecule has 1 atom stereocenters. The van der Waals surface area contributed by atoms with Crippen molar-refractivity contribution in [3.05, 3.63) is 40.5 Å². The molecular weight excluding hydrogens is 478 g/mol. The summed E-state index contributed by atoms with van der Waals surface area (Å²) in [6.07, 6.45) is 15.1. The molecule has 0 fully saturated rings. The molecule has 0 N–H and O–H groups in total. The predicted molar refractivity (Wildman–Crippen MR) is 135 cm³/mol. The Bertz CT molecular complexity index is 580. The van der Waals surface area contributed by atoms with Crippen LogP contribution < -0.4 is 5.30 Å². The van der Waals surface area contributed by atoms with E-state index in [0.717, 1.165) is 25.9 Å².